The molecule has 0 spiro atoms. The third-order valence-corrected chi connectivity index (χ3v) is 6.64. The van der Waals surface area contributed by atoms with Gasteiger partial charge in [0.05, 0.1) is 26.0 Å². The van der Waals surface area contributed by atoms with Gasteiger partial charge in [-0.3, -0.25) is 14.8 Å². The molecule has 0 saturated carbocycles. The molecular formula is C27H28N4O3. The quantitative estimate of drug-likeness (QED) is 0.628. The maximum atomic E-state index is 12.5. The molecule has 3 aromatic rings. The zero-order chi connectivity index (χ0) is 23.7. The summed E-state index contributed by atoms with van der Waals surface area (Å²) < 4.78 is 11.2. The maximum absolute atomic E-state index is 12.5. The molecule has 2 atom stereocenters. The van der Waals surface area contributed by atoms with E-state index in [1.807, 2.05) is 30.3 Å². The number of benzene rings is 2. The third-order valence-electron chi connectivity index (χ3n) is 6.64. The number of ether oxygens (including phenoxy) is 2. The molecule has 174 valence electrons. The molecule has 3 heterocycles. The van der Waals surface area contributed by atoms with Crippen LogP contribution in [0.15, 0.2) is 65.9 Å². The van der Waals surface area contributed by atoms with Crippen molar-refractivity contribution in [2.75, 3.05) is 39.7 Å². The van der Waals surface area contributed by atoms with E-state index in [4.69, 9.17) is 14.5 Å². The monoisotopic (exact) mass is 456 g/mol. The summed E-state index contributed by atoms with van der Waals surface area (Å²) in [7, 11) is 5.49. The number of nitrogens with one attached hydrogen (secondary N) is 1. The van der Waals surface area contributed by atoms with Gasteiger partial charge in [0.15, 0.2) is 11.5 Å². The molecule has 7 nitrogen and oxygen atoms in total. The summed E-state index contributed by atoms with van der Waals surface area (Å²) in [5, 5.41) is 2.94. The summed E-state index contributed by atoms with van der Waals surface area (Å²) in [6, 6.07) is 15.6. The average Bonchev–Trinajstić information content (AvgIpc) is 2.88. The van der Waals surface area contributed by atoms with Crippen molar-refractivity contribution in [2.24, 2.45) is 4.99 Å². The van der Waals surface area contributed by atoms with E-state index in [9.17, 15) is 4.79 Å². The molecule has 1 aromatic heterocycles. The minimum absolute atomic E-state index is 0.165. The topological polar surface area (TPSA) is 76.1 Å². The highest BCUT2D eigenvalue weighted by Crippen LogP contribution is 2.42. The standard InChI is InChI=1S/C27H28N4O3/c1-31-13-10-23-22(16-31)20-14-24(33-2)25(34-3)15-21(20)26(30-23)17-4-6-19(7-5-17)29-27(32)18-8-11-28-12-9-18/h4-9,11-12,14-15,22-23H,10,13,16H2,1-3H3,(H,29,32). The van der Waals surface area contributed by atoms with Crippen LogP contribution in [0.2, 0.25) is 0 Å². The van der Waals surface area contributed by atoms with Gasteiger partial charge >= 0.3 is 0 Å². The molecule has 0 bridgehead atoms. The molecule has 1 saturated heterocycles. The van der Waals surface area contributed by atoms with E-state index in [0.29, 0.717) is 17.2 Å². The molecule has 34 heavy (non-hydrogen) atoms. The van der Waals surface area contributed by atoms with Crippen molar-refractivity contribution < 1.29 is 14.3 Å². The number of carbonyl (C=O) groups excluding carboxylic acids is 1. The number of carbonyl (C=O) groups is 1. The van der Waals surface area contributed by atoms with Gasteiger partial charge in [0.25, 0.3) is 5.91 Å². The largest absolute Gasteiger partial charge is 0.493 e. The van der Waals surface area contributed by atoms with Crippen LogP contribution >= 0.6 is 0 Å². The van der Waals surface area contributed by atoms with Crippen molar-refractivity contribution in [3.05, 3.63) is 83.2 Å². The minimum atomic E-state index is -0.165. The molecule has 2 aliphatic heterocycles. The van der Waals surface area contributed by atoms with Crippen LogP contribution in [0.5, 0.6) is 11.5 Å². The van der Waals surface area contributed by atoms with Gasteiger partial charge in [-0.1, -0.05) is 12.1 Å². The van der Waals surface area contributed by atoms with Crippen LogP contribution in [-0.4, -0.2) is 61.9 Å². The number of methoxy groups -OCH3 is 2. The van der Waals surface area contributed by atoms with Crippen LogP contribution < -0.4 is 14.8 Å². The number of hydrogen-bond donors (Lipinski definition) is 1. The van der Waals surface area contributed by atoms with Crippen molar-refractivity contribution in [3.63, 3.8) is 0 Å². The molecule has 5 rings (SSSR count). The first-order valence-electron chi connectivity index (χ1n) is 11.4. The summed E-state index contributed by atoms with van der Waals surface area (Å²) in [5.41, 5.74) is 5.57. The lowest BCUT2D eigenvalue weighted by molar-refractivity contribution is 0.102. The maximum Gasteiger partial charge on any atom is 0.255 e. The number of aliphatic imine (C=N–C) groups is 1. The van der Waals surface area contributed by atoms with E-state index in [1.165, 1.54) is 5.56 Å². The molecule has 2 aliphatic rings. The molecule has 7 heteroatoms. The van der Waals surface area contributed by atoms with E-state index in [1.54, 1.807) is 38.7 Å². The fourth-order valence-corrected chi connectivity index (χ4v) is 4.85. The molecule has 0 aliphatic carbocycles. The van der Waals surface area contributed by atoms with E-state index in [2.05, 4.69) is 28.3 Å². The van der Waals surface area contributed by atoms with E-state index >= 15 is 0 Å². The Labute approximate surface area is 199 Å². The minimum Gasteiger partial charge on any atom is -0.493 e. The number of pyridine rings is 1. The highest BCUT2D eigenvalue weighted by atomic mass is 16.5. The zero-order valence-corrected chi connectivity index (χ0v) is 19.6. The number of likely N-dealkylation sites (tertiary alicyclic amines) is 1. The number of anilines is 1. The molecule has 1 fully saturated rings. The van der Waals surface area contributed by atoms with Gasteiger partial charge in [-0.05, 0) is 62.0 Å². The van der Waals surface area contributed by atoms with Crippen LogP contribution in [0, 0.1) is 0 Å². The van der Waals surface area contributed by atoms with Gasteiger partial charge in [-0.2, -0.15) is 0 Å². The highest BCUT2D eigenvalue weighted by molar-refractivity contribution is 6.15. The van der Waals surface area contributed by atoms with Crippen molar-refractivity contribution in [3.8, 4) is 11.5 Å². The average molecular weight is 457 g/mol. The molecule has 0 radical (unpaired) electrons. The lowest BCUT2D eigenvalue weighted by atomic mass is 9.79. The Balaban J connectivity index is 1.49. The van der Waals surface area contributed by atoms with Crippen LogP contribution in [0.25, 0.3) is 0 Å². The zero-order valence-electron chi connectivity index (χ0n) is 19.6. The predicted molar refractivity (Wildman–Crippen MR) is 132 cm³/mol. The number of amides is 1. The van der Waals surface area contributed by atoms with Crippen molar-refractivity contribution in [1.82, 2.24) is 9.88 Å². The Morgan fingerprint density at radius 3 is 2.44 bits per heavy atom. The summed E-state index contributed by atoms with van der Waals surface area (Å²) in [5.74, 6) is 1.58. The fraction of sp³-hybridized carbons (Fsp3) is 0.296. The van der Waals surface area contributed by atoms with Gasteiger partial charge in [-0.15, -0.1) is 0 Å². The summed E-state index contributed by atoms with van der Waals surface area (Å²) >= 11 is 0. The number of aromatic nitrogens is 1. The number of likely N-dealkylation sites (N-methyl/N-ethyl adjacent to an activating group) is 1. The second-order valence-corrected chi connectivity index (χ2v) is 8.76. The summed E-state index contributed by atoms with van der Waals surface area (Å²) in [6.45, 7) is 1.99. The van der Waals surface area contributed by atoms with Crippen LogP contribution in [0.4, 0.5) is 5.69 Å². The fourth-order valence-electron chi connectivity index (χ4n) is 4.85. The Bertz CT molecular complexity index is 1220. The van der Waals surface area contributed by atoms with Gasteiger partial charge in [0.1, 0.15) is 0 Å². The molecule has 2 unspecified atom stereocenters. The second-order valence-electron chi connectivity index (χ2n) is 8.76. The number of rotatable bonds is 5. The molecule has 2 aromatic carbocycles. The van der Waals surface area contributed by atoms with Crippen molar-refractivity contribution in [2.45, 2.75) is 18.4 Å². The number of hydrogen-bond acceptors (Lipinski definition) is 6. The third kappa shape index (κ3) is 4.15. The normalized spacial score (nSPS) is 19.4. The van der Waals surface area contributed by atoms with Gasteiger partial charge in [0.2, 0.25) is 0 Å². The van der Waals surface area contributed by atoms with Crippen LogP contribution in [-0.2, 0) is 0 Å². The Hall–Kier alpha value is -3.71. The van der Waals surface area contributed by atoms with E-state index < -0.39 is 0 Å². The van der Waals surface area contributed by atoms with Gasteiger partial charge < -0.3 is 19.7 Å². The SMILES string of the molecule is COc1cc2c(cc1OC)C1CN(C)CCC1N=C2c1ccc(NC(=O)c2ccncc2)cc1. The summed E-state index contributed by atoms with van der Waals surface area (Å²) in [6.07, 6.45) is 4.23. The van der Waals surface area contributed by atoms with E-state index in [-0.39, 0.29) is 11.9 Å². The molecule has 1 amide bonds. The number of piperidine rings is 1. The van der Waals surface area contributed by atoms with Crippen LogP contribution in [0.1, 0.15) is 39.4 Å². The van der Waals surface area contributed by atoms with Gasteiger partial charge in [0, 0.05) is 47.2 Å². The lowest BCUT2D eigenvalue weighted by Gasteiger charge is -2.39. The number of nitrogens with zero attached hydrogens (tertiary/aromatic N) is 3. The van der Waals surface area contributed by atoms with Gasteiger partial charge in [-0.25, -0.2) is 0 Å². The van der Waals surface area contributed by atoms with E-state index in [0.717, 1.165) is 47.8 Å². The first-order chi connectivity index (χ1) is 16.6. The van der Waals surface area contributed by atoms with Crippen LogP contribution in [0.3, 0.4) is 0 Å². The smallest absolute Gasteiger partial charge is 0.255 e. The Morgan fingerprint density at radius 2 is 1.74 bits per heavy atom. The molecular weight excluding hydrogens is 428 g/mol. The lowest BCUT2D eigenvalue weighted by Crippen LogP contribution is -2.41. The van der Waals surface area contributed by atoms with Crippen molar-refractivity contribution >= 4 is 17.3 Å². The Morgan fingerprint density at radius 1 is 1.03 bits per heavy atom. The Kier molecular flexibility index (Phi) is 6.02. The predicted octanol–water partition coefficient (Wildman–Crippen LogP) is 3.99. The first-order valence-corrected chi connectivity index (χ1v) is 11.4. The number of fused-ring (bicyclic) bond motifs is 3. The summed E-state index contributed by atoms with van der Waals surface area (Å²) in [4.78, 5) is 24.0. The van der Waals surface area contributed by atoms with Crippen molar-refractivity contribution in [1.29, 1.82) is 0 Å². The highest BCUT2D eigenvalue weighted by Gasteiger charge is 2.36. The molecule has 1 N–H and O–H groups in total. The first kappa shape index (κ1) is 22.1. The second kappa shape index (κ2) is 9.27.